The fraction of sp³-hybridized carbons (Fsp3) is 0.500. The van der Waals surface area contributed by atoms with Gasteiger partial charge in [0.25, 0.3) is 0 Å². The first-order valence-electron chi connectivity index (χ1n) is 7.38. The van der Waals surface area contributed by atoms with Crippen LogP contribution in [-0.2, 0) is 6.54 Å². The van der Waals surface area contributed by atoms with Crippen LogP contribution in [-0.4, -0.2) is 35.4 Å². The standard InChI is InChI=1S/C16H18F3NOS/c17-16(18,19)15(21)11-5-7-20(8-6-11)10-13-9-12-3-1-2-4-14(12)22-13/h1-4,9,11,15,21H,5-8,10H2. The zero-order chi connectivity index (χ0) is 15.7. The van der Waals surface area contributed by atoms with Gasteiger partial charge in [0.2, 0.25) is 0 Å². The molecule has 6 heteroatoms. The van der Waals surface area contributed by atoms with Crippen LogP contribution in [0.4, 0.5) is 13.2 Å². The number of alkyl halides is 3. The molecule has 0 spiro atoms. The number of aliphatic hydroxyl groups is 1. The molecule has 0 saturated carbocycles. The average Bonchev–Trinajstić information content (AvgIpc) is 2.88. The van der Waals surface area contributed by atoms with Crippen LogP contribution in [0.1, 0.15) is 17.7 Å². The molecule has 0 amide bonds. The molecule has 0 radical (unpaired) electrons. The number of aliphatic hydroxyl groups excluding tert-OH is 1. The SMILES string of the molecule is OC(C1CCN(Cc2cc3ccccc3s2)CC1)C(F)(F)F. The van der Waals surface area contributed by atoms with Crippen molar-refractivity contribution in [2.75, 3.05) is 13.1 Å². The Bertz CT molecular complexity index is 599. The van der Waals surface area contributed by atoms with E-state index in [0.717, 1.165) is 6.54 Å². The van der Waals surface area contributed by atoms with E-state index in [1.807, 2.05) is 12.1 Å². The molecule has 1 aliphatic rings. The van der Waals surface area contributed by atoms with Crippen LogP contribution in [0, 0.1) is 5.92 Å². The van der Waals surface area contributed by atoms with Crippen LogP contribution in [0.3, 0.4) is 0 Å². The van der Waals surface area contributed by atoms with Crippen molar-refractivity contribution in [2.24, 2.45) is 5.92 Å². The third kappa shape index (κ3) is 3.45. The molecule has 3 rings (SSSR count). The number of hydrogen-bond donors (Lipinski definition) is 1. The molecule has 1 aromatic carbocycles. The molecule has 2 heterocycles. The predicted molar refractivity (Wildman–Crippen MR) is 81.9 cm³/mol. The van der Waals surface area contributed by atoms with Crippen LogP contribution in [0.25, 0.3) is 10.1 Å². The average molecular weight is 329 g/mol. The summed E-state index contributed by atoms with van der Waals surface area (Å²) < 4.78 is 38.8. The summed E-state index contributed by atoms with van der Waals surface area (Å²) in [6.45, 7) is 1.98. The van der Waals surface area contributed by atoms with Crippen molar-refractivity contribution >= 4 is 21.4 Å². The minimum atomic E-state index is -4.50. The fourth-order valence-electron chi connectivity index (χ4n) is 3.03. The van der Waals surface area contributed by atoms with E-state index in [2.05, 4.69) is 23.1 Å². The Balaban J connectivity index is 1.58. The maximum atomic E-state index is 12.5. The number of rotatable bonds is 3. The number of hydrogen-bond acceptors (Lipinski definition) is 3. The zero-order valence-electron chi connectivity index (χ0n) is 12.0. The molecule has 1 N–H and O–H groups in total. The minimum Gasteiger partial charge on any atom is -0.383 e. The van der Waals surface area contributed by atoms with Crippen molar-refractivity contribution in [1.29, 1.82) is 0 Å². The van der Waals surface area contributed by atoms with Crippen LogP contribution in [0.5, 0.6) is 0 Å². The van der Waals surface area contributed by atoms with Gasteiger partial charge in [0.15, 0.2) is 6.10 Å². The first-order chi connectivity index (χ1) is 10.4. The Morgan fingerprint density at radius 3 is 2.55 bits per heavy atom. The first kappa shape index (κ1) is 15.8. The van der Waals surface area contributed by atoms with E-state index in [1.54, 1.807) is 11.3 Å². The third-order valence-electron chi connectivity index (χ3n) is 4.27. The molecule has 1 aromatic heterocycles. The van der Waals surface area contributed by atoms with Gasteiger partial charge in [-0.05, 0) is 49.4 Å². The second kappa shape index (κ2) is 6.18. The van der Waals surface area contributed by atoms with Gasteiger partial charge in [-0.3, -0.25) is 4.90 Å². The number of likely N-dealkylation sites (tertiary alicyclic amines) is 1. The second-order valence-electron chi connectivity index (χ2n) is 5.85. The highest BCUT2D eigenvalue weighted by Gasteiger charge is 2.44. The number of halogens is 3. The van der Waals surface area contributed by atoms with E-state index >= 15 is 0 Å². The molecule has 2 nitrogen and oxygen atoms in total. The molecular weight excluding hydrogens is 311 g/mol. The van der Waals surface area contributed by atoms with E-state index in [-0.39, 0.29) is 0 Å². The molecule has 120 valence electrons. The molecule has 1 saturated heterocycles. The number of thiophene rings is 1. The smallest absolute Gasteiger partial charge is 0.383 e. The van der Waals surface area contributed by atoms with Gasteiger partial charge in [0.05, 0.1) is 0 Å². The summed E-state index contributed by atoms with van der Waals surface area (Å²) in [5.74, 6) is -0.668. The van der Waals surface area contributed by atoms with Crippen molar-refractivity contribution in [3.8, 4) is 0 Å². The van der Waals surface area contributed by atoms with Gasteiger partial charge in [0.1, 0.15) is 0 Å². The summed E-state index contributed by atoms with van der Waals surface area (Å²) in [4.78, 5) is 3.40. The number of nitrogens with zero attached hydrogens (tertiary/aromatic N) is 1. The van der Waals surface area contributed by atoms with Gasteiger partial charge >= 0.3 is 6.18 Å². The van der Waals surface area contributed by atoms with Gasteiger partial charge in [-0.25, -0.2) is 0 Å². The maximum Gasteiger partial charge on any atom is 0.414 e. The molecule has 0 aliphatic carbocycles. The van der Waals surface area contributed by atoms with Gasteiger partial charge in [-0.1, -0.05) is 18.2 Å². The Morgan fingerprint density at radius 2 is 1.91 bits per heavy atom. The van der Waals surface area contributed by atoms with Crippen molar-refractivity contribution in [3.05, 3.63) is 35.2 Å². The maximum absolute atomic E-state index is 12.5. The number of benzene rings is 1. The Labute approximate surface area is 131 Å². The third-order valence-corrected chi connectivity index (χ3v) is 5.37. The van der Waals surface area contributed by atoms with Crippen molar-refractivity contribution in [1.82, 2.24) is 4.90 Å². The summed E-state index contributed by atoms with van der Waals surface area (Å²) in [5, 5.41) is 10.6. The molecular formula is C16H18F3NOS. The van der Waals surface area contributed by atoms with Crippen molar-refractivity contribution < 1.29 is 18.3 Å². The lowest BCUT2D eigenvalue weighted by atomic mass is 9.91. The van der Waals surface area contributed by atoms with Gasteiger partial charge in [-0.15, -0.1) is 11.3 Å². The fourth-order valence-corrected chi connectivity index (χ4v) is 4.14. The van der Waals surface area contributed by atoms with Crippen LogP contribution in [0.15, 0.2) is 30.3 Å². The van der Waals surface area contributed by atoms with Gasteiger partial charge < -0.3 is 5.11 Å². The zero-order valence-corrected chi connectivity index (χ0v) is 12.8. The van der Waals surface area contributed by atoms with E-state index in [9.17, 15) is 18.3 Å². The molecule has 1 fully saturated rings. The van der Waals surface area contributed by atoms with Crippen molar-refractivity contribution in [3.63, 3.8) is 0 Å². The summed E-state index contributed by atoms with van der Waals surface area (Å²) in [6, 6.07) is 10.3. The van der Waals surface area contributed by atoms with E-state index < -0.39 is 18.2 Å². The van der Waals surface area contributed by atoms with E-state index in [1.165, 1.54) is 15.0 Å². The summed E-state index contributed by atoms with van der Waals surface area (Å²) in [5.41, 5.74) is 0. The van der Waals surface area contributed by atoms with E-state index in [0.29, 0.717) is 25.9 Å². The summed E-state index contributed by atoms with van der Waals surface area (Å²) in [6.07, 6.45) is -5.89. The molecule has 22 heavy (non-hydrogen) atoms. The first-order valence-corrected chi connectivity index (χ1v) is 8.20. The molecule has 1 atom stereocenters. The van der Waals surface area contributed by atoms with Crippen molar-refractivity contribution in [2.45, 2.75) is 31.7 Å². The van der Waals surface area contributed by atoms with Crippen LogP contribution in [0.2, 0.25) is 0 Å². The summed E-state index contributed by atoms with van der Waals surface area (Å²) in [7, 11) is 0. The van der Waals surface area contributed by atoms with Crippen LogP contribution < -0.4 is 0 Å². The van der Waals surface area contributed by atoms with E-state index in [4.69, 9.17) is 0 Å². The Kier molecular flexibility index (Phi) is 4.43. The highest BCUT2D eigenvalue weighted by atomic mass is 32.1. The largest absolute Gasteiger partial charge is 0.414 e. The molecule has 1 aliphatic heterocycles. The Hall–Kier alpha value is -1.11. The van der Waals surface area contributed by atoms with Gasteiger partial charge in [-0.2, -0.15) is 13.2 Å². The Morgan fingerprint density at radius 1 is 1.23 bits per heavy atom. The second-order valence-corrected chi connectivity index (χ2v) is 7.02. The lowest BCUT2D eigenvalue weighted by Gasteiger charge is -2.34. The molecule has 0 bridgehead atoms. The van der Waals surface area contributed by atoms with Gasteiger partial charge in [0, 0.05) is 16.1 Å². The minimum absolute atomic E-state index is 0.394. The lowest BCUT2D eigenvalue weighted by Crippen LogP contribution is -2.43. The quantitative estimate of drug-likeness (QED) is 0.919. The lowest BCUT2D eigenvalue weighted by molar-refractivity contribution is -0.223. The monoisotopic (exact) mass is 329 g/mol. The summed E-state index contributed by atoms with van der Waals surface area (Å²) >= 11 is 1.73. The molecule has 1 unspecified atom stereocenters. The highest BCUT2D eigenvalue weighted by molar-refractivity contribution is 7.19. The molecule has 2 aromatic rings. The van der Waals surface area contributed by atoms with Crippen LogP contribution >= 0.6 is 11.3 Å². The topological polar surface area (TPSA) is 23.5 Å². The number of fused-ring (bicyclic) bond motifs is 1. The highest BCUT2D eigenvalue weighted by Crippen LogP contribution is 2.33. The normalized spacial score (nSPS) is 19.6. The predicted octanol–water partition coefficient (Wildman–Crippen LogP) is 4.04. The number of piperidine rings is 1.